The van der Waals surface area contributed by atoms with Crippen molar-refractivity contribution in [2.45, 2.75) is 37.6 Å². The number of hydrogen-bond acceptors (Lipinski definition) is 6. The maximum Gasteiger partial charge on any atom is 0.354 e. The molecule has 0 bridgehead atoms. The van der Waals surface area contributed by atoms with Crippen molar-refractivity contribution in [3.8, 4) is 0 Å². The lowest BCUT2D eigenvalue weighted by atomic mass is 9.74. The van der Waals surface area contributed by atoms with E-state index in [2.05, 4.69) is 10.4 Å². The smallest absolute Gasteiger partial charge is 0.354 e. The van der Waals surface area contributed by atoms with Crippen LogP contribution in [0.25, 0.3) is 0 Å². The molecule has 2 aromatic carbocycles. The Labute approximate surface area is 192 Å². The third kappa shape index (κ3) is 5.06. The summed E-state index contributed by atoms with van der Waals surface area (Å²) in [4.78, 5) is 25.7. The van der Waals surface area contributed by atoms with Crippen molar-refractivity contribution in [2.75, 3.05) is 31.4 Å². The van der Waals surface area contributed by atoms with Crippen LogP contribution in [0.1, 0.15) is 31.7 Å². The minimum atomic E-state index is -0.670. The fourth-order valence-electron chi connectivity index (χ4n) is 4.38. The maximum absolute atomic E-state index is 13.5. The second kappa shape index (κ2) is 10.1. The van der Waals surface area contributed by atoms with Crippen LogP contribution in [0.5, 0.6) is 0 Å². The minimum Gasteiger partial charge on any atom is -0.461 e. The number of para-hydroxylation sites is 1. The summed E-state index contributed by atoms with van der Waals surface area (Å²) in [6.07, 6.45) is 1.60. The lowest BCUT2D eigenvalue weighted by Crippen LogP contribution is -2.49. The van der Waals surface area contributed by atoms with Gasteiger partial charge in [-0.15, -0.1) is 0 Å². The average molecular weight is 454 g/mol. The van der Waals surface area contributed by atoms with Gasteiger partial charge in [0.1, 0.15) is 17.6 Å². The van der Waals surface area contributed by atoms with Gasteiger partial charge in [0.05, 0.1) is 12.3 Å². The number of nitrogens with one attached hydrogen (secondary N) is 1. The molecule has 174 valence electrons. The Morgan fingerprint density at radius 2 is 1.85 bits per heavy atom. The summed E-state index contributed by atoms with van der Waals surface area (Å²) < 4.78 is 24.2. The largest absolute Gasteiger partial charge is 0.461 e. The first-order valence-electron chi connectivity index (χ1n) is 11.2. The molecule has 1 saturated heterocycles. The van der Waals surface area contributed by atoms with E-state index in [0.717, 1.165) is 24.1 Å². The summed E-state index contributed by atoms with van der Waals surface area (Å²) in [7, 11) is 0. The molecule has 2 aromatic rings. The first kappa shape index (κ1) is 22.9. The zero-order chi connectivity index (χ0) is 23.3. The molecule has 0 spiro atoms. The average Bonchev–Trinajstić information content (AvgIpc) is 3.30. The van der Waals surface area contributed by atoms with Gasteiger partial charge in [0, 0.05) is 31.6 Å². The van der Waals surface area contributed by atoms with Crippen molar-refractivity contribution in [3.05, 3.63) is 66.0 Å². The monoisotopic (exact) mass is 453 g/mol. The summed E-state index contributed by atoms with van der Waals surface area (Å²) in [5.41, 5.74) is 1.57. The summed E-state index contributed by atoms with van der Waals surface area (Å²) in [6.45, 7) is 3.50. The molecule has 0 saturated carbocycles. The highest BCUT2D eigenvalue weighted by molar-refractivity contribution is 6.38. The van der Waals surface area contributed by atoms with Gasteiger partial charge in [-0.3, -0.25) is 9.80 Å². The van der Waals surface area contributed by atoms with Crippen LogP contribution in [-0.4, -0.2) is 50.0 Å². The van der Waals surface area contributed by atoms with Gasteiger partial charge in [-0.1, -0.05) is 30.3 Å². The van der Waals surface area contributed by atoms with Gasteiger partial charge in [0.25, 0.3) is 0 Å². The van der Waals surface area contributed by atoms with Crippen LogP contribution in [-0.2, 0) is 24.5 Å². The Bertz CT molecular complexity index is 1000. The van der Waals surface area contributed by atoms with Crippen LogP contribution in [0.3, 0.4) is 0 Å². The molecule has 2 heterocycles. The van der Waals surface area contributed by atoms with Gasteiger partial charge in [-0.2, -0.15) is 5.10 Å². The van der Waals surface area contributed by atoms with Crippen molar-refractivity contribution in [1.82, 2.24) is 5.32 Å². The zero-order valence-electron chi connectivity index (χ0n) is 18.6. The number of hydrazone groups is 1. The SMILES string of the molecule is CCOC(=O)C1=NN(c2ccccc2)C(C(=O)NCC2(c3ccc(F)cc3)CCOCC2)C1. The minimum absolute atomic E-state index is 0.159. The van der Waals surface area contributed by atoms with Crippen LogP contribution in [0, 0.1) is 5.82 Å². The number of rotatable bonds is 7. The summed E-state index contributed by atoms with van der Waals surface area (Å²) >= 11 is 0. The van der Waals surface area contributed by atoms with Crippen LogP contribution >= 0.6 is 0 Å². The van der Waals surface area contributed by atoms with Gasteiger partial charge in [0.15, 0.2) is 0 Å². The molecular formula is C25H28FN3O4. The Morgan fingerprint density at radius 1 is 1.15 bits per heavy atom. The molecule has 0 radical (unpaired) electrons. The lowest BCUT2D eigenvalue weighted by molar-refractivity contribution is -0.135. The molecule has 8 heteroatoms. The van der Waals surface area contributed by atoms with Crippen LogP contribution < -0.4 is 10.3 Å². The molecule has 1 unspecified atom stereocenters. The highest BCUT2D eigenvalue weighted by Gasteiger charge is 2.39. The number of anilines is 1. The quantitative estimate of drug-likeness (QED) is 0.652. The molecule has 1 N–H and O–H groups in total. The standard InChI is InChI=1S/C25H28FN3O4/c1-2-33-24(31)21-16-22(29(28-21)20-6-4-3-5-7-20)23(30)27-17-25(12-14-32-15-13-25)18-8-10-19(26)11-9-18/h3-11,22H,2,12-17H2,1H3,(H,27,30). The van der Waals surface area contributed by atoms with E-state index in [-0.39, 0.29) is 35.9 Å². The molecule has 33 heavy (non-hydrogen) atoms. The molecule has 0 aliphatic carbocycles. The molecule has 7 nitrogen and oxygen atoms in total. The van der Waals surface area contributed by atoms with Gasteiger partial charge in [-0.25, -0.2) is 9.18 Å². The van der Waals surface area contributed by atoms with Gasteiger partial charge in [0.2, 0.25) is 5.91 Å². The highest BCUT2D eigenvalue weighted by atomic mass is 19.1. The molecule has 0 aromatic heterocycles. The summed E-state index contributed by atoms with van der Waals surface area (Å²) in [5, 5.41) is 9.08. The number of ether oxygens (including phenoxy) is 2. The molecule has 4 rings (SSSR count). The van der Waals surface area contributed by atoms with E-state index in [0.29, 0.717) is 19.8 Å². The number of carbonyl (C=O) groups is 2. The van der Waals surface area contributed by atoms with Crippen LogP contribution in [0.15, 0.2) is 59.7 Å². The molecule has 2 aliphatic rings. The first-order chi connectivity index (χ1) is 16.0. The van der Waals surface area contributed by atoms with Gasteiger partial charge >= 0.3 is 5.97 Å². The molecule has 1 atom stereocenters. The van der Waals surface area contributed by atoms with E-state index < -0.39 is 12.0 Å². The highest BCUT2D eigenvalue weighted by Crippen LogP contribution is 2.35. The third-order valence-corrected chi connectivity index (χ3v) is 6.25. The van der Waals surface area contributed by atoms with Crippen molar-refractivity contribution in [3.63, 3.8) is 0 Å². The van der Waals surface area contributed by atoms with Crippen molar-refractivity contribution >= 4 is 23.3 Å². The normalized spacial score (nSPS) is 19.6. The van der Waals surface area contributed by atoms with E-state index in [1.165, 1.54) is 12.1 Å². The second-order valence-electron chi connectivity index (χ2n) is 8.28. The molecule has 1 fully saturated rings. The number of nitrogens with zero attached hydrogens (tertiary/aromatic N) is 2. The molecule has 2 aliphatic heterocycles. The fourth-order valence-corrected chi connectivity index (χ4v) is 4.38. The van der Waals surface area contributed by atoms with E-state index in [9.17, 15) is 14.0 Å². The second-order valence-corrected chi connectivity index (χ2v) is 8.28. The van der Waals surface area contributed by atoms with E-state index in [1.807, 2.05) is 30.3 Å². The number of benzene rings is 2. The number of carbonyl (C=O) groups excluding carboxylic acids is 2. The molecule has 1 amide bonds. The first-order valence-corrected chi connectivity index (χ1v) is 11.2. The topological polar surface area (TPSA) is 80.2 Å². The fraction of sp³-hybridized carbons (Fsp3) is 0.400. The maximum atomic E-state index is 13.5. The van der Waals surface area contributed by atoms with Gasteiger partial charge < -0.3 is 14.8 Å². The molecular weight excluding hydrogens is 425 g/mol. The number of hydrogen-bond donors (Lipinski definition) is 1. The predicted molar refractivity (Wildman–Crippen MR) is 123 cm³/mol. The lowest BCUT2D eigenvalue weighted by Gasteiger charge is -2.38. The van der Waals surface area contributed by atoms with Crippen LogP contribution in [0.2, 0.25) is 0 Å². The predicted octanol–water partition coefficient (Wildman–Crippen LogP) is 3.19. The van der Waals surface area contributed by atoms with Crippen LogP contribution in [0.4, 0.5) is 10.1 Å². The zero-order valence-corrected chi connectivity index (χ0v) is 18.6. The Morgan fingerprint density at radius 3 is 2.52 bits per heavy atom. The number of amides is 1. The summed E-state index contributed by atoms with van der Waals surface area (Å²) in [6, 6.07) is 15.1. The van der Waals surface area contributed by atoms with E-state index >= 15 is 0 Å². The Balaban J connectivity index is 1.53. The van der Waals surface area contributed by atoms with Crippen molar-refractivity contribution < 1.29 is 23.5 Å². The summed E-state index contributed by atoms with van der Waals surface area (Å²) in [5.74, 6) is -1.03. The number of esters is 1. The van der Waals surface area contributed by atoms with Gasteiger partial charge in [-0.05, 0) is 49.6 Å². The Hall–Kier alpha value is -3.26. The third-order valence-electron chi connectivity index (χ3n) is 6.25. The van der Waals surface area contributed by atoms with E-state index in [1.54, 1.807) is 24.1 Å². The van der Waals surface area contributed by atoms with Crippen molar-refractivity contribution in [2.24, 2.45) is 5.10 Å². The van der Waals surface area contributed by atoms with E-state index in [4.69, 9.17) is 9.47 Å². The number of halogens is 1. The Kier molecular flexibility index (Phi) is 7.03. The van der Waals surface area contributed by atoms with Crippen molar-refractivity contribution in [1.29, 1.82) is 0 Å².